The molecule has 0 aliphatic carbocycles. The topological polar surface area (TPSA) is 170 Å². The zero-order chi connectivity index (χ0) is 9.28. The van der Waals surface area contributed by atoms with Crippen molar-refractivity contribution in [2.75, 3.05) is 6.61 Å². The van der Waals surface area contributed by atoms with Crippen molar-refractivity contribution in [3.05, 3.63) is 0 Å². The number of halogens is 2. The van der Waals surface area contributed by atoms with E-state index in [0.29, 0.717) is 0 Å². The van der Waals surface area contributed by atoms with Gasteiger partial charge in [0.15, 0.2) is 0 Å². The largest absolute Gasteiger partial charge is 4.00 e. The minimum atomic E-state index is -1.37. The molecule has 0 spiro atoms. The summed E-state index contributed by atoms with van der Waals surface area (Å²) in [5, 5.41) is 26.6. The van der Waals surface area contributed by atoms with E-state index in [1.54, 1.807) is 6.92 Å². The Kier molecular flexibility index (Phi) is 100. The van der Waals surface area contributed by atoms with Crippen molar-refractivity contribution in [1.82, 2.24) is 12.3 Å². The van der Waals surface area contributed by atoms with Crippen LogP contribution in [0.25, 0.3) is 0 Å². The molecule has 0 aromatic carbocycles. The molecule has 0 aliphatic rings. The van der Waals surface area contributed by atoms with Gasteiger partial charge in [-0.1, -0.05) is 0 Å². The van der Waals surface area contributed by atoms with Gasteiger partial charge < -0.3 is 62.0 Å². The van der Waals surface area contributed by atoms with Crippen molar-refractivity contribution in [3.63, 3.8) is 0 Å². The van der Waals surface area contributed by atoms with Crippen LogP contribution in [0, 0.1) is 0 Å². The Morgan fingerprint density at radius 1 is 1.00 bits per heavy atom. The van der Waals surface area contributed by atoms with Gasteiger partial charge >= 0.3 is 21.1 Å². The third kappa shape index (κ3) is 93.2. The number of carbonyl (C=O) groups is 2. The van der Waals surface area contributed by atoms with Gasteiger partial charge in [-0.2, -0.15) is 0 Å². The summed E-state index contributed by atoms with van der Waals surface area (Å²) in [5.41, 5.74) is 0. The molecule has 10 heteroatoms. The van der Waals surface area contributed by atoms with Gasteiger partial charge in [-0.15, -0.1) is 0 Å². The van der Waals surface area contributed by atoms with Crippen LogP contribution in [0.3, 0.4) is 0 Å². The van der Waals surface area contributed by atoms with Gasteiger partial charge in [0.2, 0.25) is 0 Å². The molecule has 16 heavy (non-hydrogen) atoms. The molecule has 0 aliphatic heterocycles. The standard InChI is InChI=1S/C4H6O4.C2H6O.2ClH.2H3N.Pt/c5-3(6)1-2-4(7)8;1-2-3;;;;;/h1-2H2,(H,5,6)(H,7,8);3H,2H2,1H3;2*1H;2*1H3;/q;;;;;;+4/p-4. The Morgan fingerprint density at radius 3 is 1.19 bits per heavy atom. The van der Waals surface area contributed by atoms with E-state index in [1.807, 2.05) is 0 Å². The van der Waals surface area contributed by atoms with Gasteiger partial charge in [-0.3, -0.25) is 0 Å². The number of carboxylic acid groups (broad SMARTS) is 2. The fourth-order valence-electron chi connectivity index (χ4n) is 0.204. The zero-order valence-corrected chi connectivity index (χ0v) is 12.5. The van der Waals surface area contributed by atoms with E-state index in [9.17, 15) is 19.8 Å². The van der Waals surface area contributed by atoms with Crippen molar-refractivity contribution in [2.45, 2.75) is 19.8 Å². The van der Waals surface area contributed by atoms with E-state index in [4.69, 9.17) is 5.11 Å². The average Bonchev–Trinajstić information content (AvgIpc) is 1.85. The summed E-state index contributed by atoms with van der Waals surface area (Å²) in [6.45, 7) is 1.93. The summed E-state index contributed by atoms with van der Waals surface area (Å²) < 4.78 is 0. The number of aliphatic carboxylic acids is 2. The van der Waals surface area contributed by atoms with Gasteiger partial charge in [0.1, 0.15) is 0 Å². The monoisotopic (exact) mass is 461 g/mol. The number of aliphatic hydroxyl groups excluding tert-OH is 1. The van der Waals surface area contributed by atoms with Gasteiger partial charge in [0.05, 0.1) is 0 Å². The van der Waals surface area contributed by atoms with Crippen molar-refractivity contribution in [3.8, 4) is 0 Å². The number of hydrogen-bond donors (Lipinski definition) is 3. The van der Waals surface area contributed by atoms with Crippen LogP contribution < -0.4 is 47.3 Å². The third-order valence-corrected chi connectivity index (χ3v) is 0.533. The second kappa shape index (κ2) is 36.3. The van der Waals surface area contributed by atoms with E-state index in [-0.39, 0.29) is 64.8 Å². The Morgan fingerprint density at radius 2 is 1.12 bits per heavy atom. The Labute approximate surface area is 121 Å². The predicted octanol–water partition coefficient (Wildman–Crippen LogP) is -8.41. The summed E-state index contributed by atoms with van der Waals surface area (Å²) in [4.78, 5) is 19.0. The fraction of sp³-hybridized carbons (Fsp3) is 0.667. The summed E-state index contributed by atoms with van der Waals surface area (Å²) in [5.74, 6) is -2.73. The molecule has 0 saturated carbocycles. The SMILES string of the molecule is CCO.N.N.O=C([O-])CCC(=O)[O-].[Cl-].[Cl-].[Pt+4]. The van der Waals surface area contributed by atoms with Crippen molar-refractivity contribution in [1.29, 1.82) is 0 Å². The Bertz CT molecular complexity index is 128. The smallest absolute Gasteiger partial charge is 1.00 e. The molecule has 0 atom stereocenters. The van der Waals surface area contributed by atoms with Gasteiger partial charge in [-0.25, -0.2) is 0 Å². The zero-order valence-electron chi connectivity index (χ0n) is 8.69. The molecule has 0 aromatic heterocycles. The first kappa shape index (κ1) is 44.3. The molecule has 0 saturated heterocycles. The molecule has 0 rings (SSSR count). The molecular weight excluding hydrogens is 446 g/mol. The van der Waals surface area contributed by atoms with Crippen LogP contribution in [0.2, 0.25) is 0 Å². The quantitative estimate of drug-likeness (QED) is 0.374. The minimum absolute atomic E-state index is 0. The van der Waals surface area contributed by atoms with Crippen LogP contribution in [0.1, 0.15) is 19.8 Å². The Hall–Kier alpha value is 0.0883. The molecule has 0 aromatic rings. The van der Waals surface area contributed by atoms with Crippen molar-refractivity contribution < 1.29 is 70.8 Å². The molecule has 0 unspecified atom stereocenters. The van der Waals surface area contributed by atoms with Gasteiger partial charge in [-0.05, 0) is 19.8 Å². The molecular formula is C6H16Cl2N2O5Pt. The average molecular weight is 462 g/mol. The minimum Gasteiger partial charge on any atom is -1.00 e. The summed E-state index contributed by atoms with van der Waals surface area (Å²) in [7, 11) is 0. The number of hydrogen-bond acceptors (Lipinski definition) is 7. The summed E-state index contributed by atoms with van der Waals surface area (Å²) >= 11 is 0. The van der Waals surface area contributed by atoms with E-state index in [2.05, 4.69) is 0 Å². The normalized spacial score (nSPS) is 5.38. The molecule has 7 N–H and O–H groups in total. The molecule has 104 valence electrons. The molecule has 0 fully saturated rings. The van der Waals surface area contributed by atoms with E-state index >= 15 is 0 Å². The van der Waals surface area contributed by atoms with Gasteiger partial charge in [0.25, 0.3) is 0 Å². The molecule has 0 radical (unpaired) electrons. The predicted molar refractivity (Wildman–Crippen MR) is 42.1 cm³/mol. The first-order chi connectivity index (χ1) is 5.04. The van der Waals surface area contributed by atoms with Crippen LogP contribution in [0.15, 0.2) is 0 Å². The van der Waals surface area contributed by atoms with Crippen LogP contribution in [-0.2, 0) is 30.7 Å². The van der Waals surface area contributed by atoms with Crippen molar-refractivity contribution in [2.24, 2.45) is 0 Å². The van der Waals surface area contributed by atoms with E-state index < -0.39 is 24.8 Å². The molecule has 0 heterocycles. The van der Waals surface area contributed by atoms with Crippen LogP contribution in [-0.4, -0.2) is 23.7 Å². The van der Waals surface area contributed by atoms with Crippen molar-refractivity contribution >= 4 is 11.9 Å². The van der Waals surface area contributed by atoms with Crippen LogP contribution in [0.5, 0.6) is 0 Å². The maximum Gasteiger partial charge on any atom is 4.00 e. The van der Waals surface area contributed by atoms with E-state index in [0.717, 1.165) is 0 Å². The number of carboxylic acids is 2. The second-order valence-corrected chi connectivity index (χ2v) is 1.56. The van der Waals surface area contributed by atoms with Gasteiger partial charge in [0, 0.05) is 18.5 Å². The first-order valence-corrected chi connectivity index (χ1v) is 3.05. The molecule has 7 nitrogen and oxygen atoms in total. The fourth-order valence-corrected chi connectivity index (χ4v) is 0.204. The maximum absolute atomic E-state index is 9.50. The maximum atomic E-state index is 9.50. The first-order valence-electron chi connectivity index (χ1n) is 3.05. The van der Waals surface area contributed by atoms with Crippen LogP contribution in [0.4, 0.5) is 0 Å². The molecule has 0 amide bonds. The summed E-state index contributed by atoms with van der Waals surface area (Å²) in [6.07, 6.45) is -0.940. The second-order valence-electron chi connectivity index (χ2n) is 1.56. The number of carbonyl (C=O) groups excluding carboxylic acids is 2. The number of rotatable bonds is 3. The third-order valence-electron chi connectivity index (χ3n) is 0.533. The van der Waals surface area contributed by atoms with E-state index in [1.165, 1.54) is 0 Å². The summed E-state index contributed by atoms with van der Waals surface area (Å²) in [6, 6.07) is 0. The molecule has 0 bridgehead atoms. The number of aliphatic hydroxyl groups is 1. The van der Waals surface area contributed by atoms with Crippen LogP contribution >= 0.6 is 0 Å². The Balaban J connectivity index is -0.0000000185.